The maximum absolute atomic E-state index is 8.89. The van der Waals surface area contributed by atoms with Gasteiger partial charge in [0.05, 0.1) is 11.6 Å². The summed E-state index contributed by atoms with van der Waals surface area (Å²) < 4.78 is 0. The molecule has 0 heterocycles. The molecule has 1 nitrogen and oxygen atoms in total. The first kappa shape index (κ1) is 13.7. The third kappa shape index (κ3) is 3.16. The van der Waals surface area contributed by atoms with Gasteiger partial charge in [-0.2, -0.15) is 5.26 Å². The predicted molar refractivity (Wildman–Crippen MR) is 83.0 cm³/mol. The van der Waals surface area contributed by atoms with E-state index in [0.29, 0.717) is 5.56 Å². The van der Waals surface area contributed by atoms with Crippen LogP contribution < -0.4 is 0 Å². The molecule has 2 aromatic rings. The van der Waals surface area contributed by atoms with E-state index < -0.39 is 0 Å². The van der Waals surface area contributed by atoms with E-state index in [-0.39, 0.29) is 0 Å². The van der Waals surface area contributed by atoms with Crippen molar-refractivity contribution in [2.75, 3.05) is 0 Å². The van der Waals surface area contributed by atoms with Crippen LogP contribution in [0.3, 0.4) is 0 Å². The first-order valence-corrected chi connectivity index (χ1v) is 6.49. The normalized spacial score (nSPS) is 9.85. The van der Waals surface area contributed by atoms with E-state index in [0.717, 1.165) is 16.7 Å². The first-order valence-electron chi connectivity index (χ1n) is 6.49. The van der Waals surface area contributed by atoms with Gasteiger partial charge in [-0.15, -0.1) is 0 Å². The molecule has 0 aromatic heterocycles. The lowest BCUT2D eigenvalue weighted by atomic mass is 10.0. The number of allylic oxidation sites excluding steroid dienone is 1. The van der Waals surface area contributed by atoms with Crippen LogP contribution in [0.4, 0.5) is 0 Å². The van der Waals surface area contributed by atoms with Crippen LogP contribution in [0.25, 0.3) is 6.08 Å². The summed E-state index contributed by atoms with van der Waals surface area (Å²) >= 11 is 0. The number of rotatable bonds is 1. The Labute approximate surface area is 120 Å². The highest BCUT2D eigenvalue weighted by molar-refractivity contribution is 5.63. The van der Waals surface area contributed by atoms with Crippen LogP contribution in [0.2, 0.25) is 0 Å². The van der Waals surface area contributed by atoms with Crippen molar-refractivity contribution < 1.29 is 0 Å². The second-order valence-corrected chi connectivity index (χ2v) is 4.48. The number of nitriles is 1. The van der Waals surface area contributed by atoms with E-state index in [4.69, 9.17) is 5.26 Å². The number of hydrogen-bond acceptors (Lipinski definition) is 1. The Hall–Kier alpha value is -2.77. The molecular weight excluding hydrogens is 242 g/mol. The zero-order valence-corrected chi connectivity index (χ0v) is 11.6. The second-order valence-electron chi connectivity index (χ2n) is 4.48. The van der Waals surface area contributed by atoms with Gasteiger partial charge in [0.2, 0.25) is 0 Å². The zero-order valence-electron chi connectivity index (χ0n) is 11.6. The van der Waals surface area contributed by atoms with Crippen LogP contribution in [-0.2, 0) is 0 Å². The predicted octanol–water partition coefficient (Wildman–Crippen LogP) is 4.30. The second kappa shape index (κ2) is 6.41. The fourth-order valence-electron chi connectivity index (χ4n) is 1.98. The standard InChI is InChI=1S/C19H15N/c1-3-6-19-15(2)7-4-10-18(19)12-11-16-8-5-9-17(13-16)14-20/h3-10,13H,1-2H3/b6-3-. The molecule has 0 N–H and O–H groups in total. The molecule has 0 bridgehead atoms. The molecule has 0 saturated heterocycles. The van der Waals surface area contributed by atoms with E-state index in [1.807, 2.05) is 37.3 Å². The van der Waals surface area contributed by atoms with Gasteiger partial charge in [0.1, 0.15) is 0 Å². The van der Waals surface area contributed by atoms with Gasteiger partial charge < -0.3 is 0 Å². The summed E-state index contributed by atoms with van der Waals surface area (Å²) in [4.78, 5) is 0. The molecule has 0 unspecified atom stereocenters. The van der Waals surface area contributed by atoms with E-state index in [1.54, 1.807) is 12.1 Å². The Morgan fingerprint density at radius 2 is 1.75 bits per heavy atom. The van der Waals surface area contributed by atoms with E-state index in [9.17, 15) is 0 Å². The third-order valence-electron chi connectivity index (χ3n) is 2.99. The highest BCUT2D eigenvalue weighted by Gasteiger charge is 1.99. The molecular formula is C19H15N. The van der Waals surface area contributed by atoms with Crippen LogP contribution in [0.5, 0.6) is 0 Å². The van der Waals surface area contributed by atoms with Crippen molar-refractivity contribution in [1.29, 1.82) is 5.26 Å². The van der Waals surface area contributed by atoms with Gasteiger partial charge in [0, 0.05) is 11.1 Å². The number of hydrogen-bond donors (Lipinski definition) is 0. The number of nitrogens with zero attached hydrogens (tertiary/aromatic N) is 1. The van der Waals surface area contributed by atoms with Gasteiger partial charge in [0.15, 0.2) is 0 Å². The molecule has 0 amide bonds. The van der Waals surface area contributed by atoms with Crippen molar-refractivity contribution in [2.45, 2.75) is 13.8 Å². The summed E-state index contributed by atoms with van der Waals surface area (Å²) in [6.07, 6.45) is 4.09. The molecule has 2 aromatic carbocycles. The van der Waals surface area contributed by atoms with Crippen molar-refractivity contribution in [3.05, 3.63) is 76.4 Å². The van der Waals surface area contributed by atoms with E-state index >= 15 is 0 Å². The van der Waals surface area contributed by atoms with Gasteiger partial charge in [-0.1, -0.05) is 42.2 Å². The van der Waals surface area contributed by atoms with Crippen LogP contribution >= 0.6 is 0 Å². The molecule has 96 valence electrons. The summed E-state index contributed by atoms with van der Waals surface area (Å²) in [5.74, 6) is 6.32. The number of aryl methyl sites for hydroxylation is 1. The minimum atomic E-state index is 0.634. The van der Waals surface area contributed by atoms with E-state index in [2.05, 4.69) is 37.0 Å². The topological polar surface area (TPSA) is 23.8 Å². The maximum atomic E-state index is 8.89. The molecule has 2 rings (SSSR count). The monoisotopic (exact) mass is 257 g/mol. The van der Waals surface area contributed by atoms with Crippen molar-refractivity contribution >= 4 is 6.08 Å². The van der Waals surface area contributed by atoms with Crippen molar-refractivity contribution in [3.8, 4) is 17.9 Å². The zero-order chi connectivity index (χ0) is 14.4. The summed E-state index contributed by atoms with van der Waals surface area (Å²) in [5, 5.41) is 8.89. The summed E-state index contributed by atoms with van der Waals surface area (Å²) in [6.45, 7) is 4.08. The summed E-state index contributed by atoms with van der Waals surface area (Å²) in [5.41, 5.74) is 4.86. The fraction of sp³-hybridized carbons (Fsp3) is 0.105. The SMILES string of the molecule is C/C=C\c1c(C)cccc1C#Cc1cccc(C#N)c1. The lowest BCUT2D eigenvalue weighted by molar-refractivity contribution is 1.42. The van der Waals surface area contributed by atoms with Gasteiger partial charge in [-0.05, 0) is 49.2 Å². The molecule has 0 aliphatic heterocycles. The minimum absolute atomic E-state index is 0.634. The lowest BCUT2D eigenvalue weighted by Gasteiger charge is -2.03. The van der Waals surface area contributed by atoms with Gasteiger partial charge in [-0.25, -0.2) is 0 Å². The minimum Gasteiger partial charge on any atom is -0.192 e. The smallest absolute Gasteiger partial charge is 0.0992 e. The van der Waals surface area contributed by atoms with Crippen LogP contribution in [-0.4, -0.2) is 0 Å². The highest BCUT2D eigenvalue weighted by atomic mass is 14.2. The molecule has 0 atom stereocenters. The molecule has 0 aliphatic rings. The molecule has 0 saturated carbocycles. The Bertz CT molecular complexity index is 749. The highest BCUT2D eigenvalue weighted by Crippen LogP contribution is 2.15. The van der Waals surface area contributed by atoms with Gasteiger partial charge in [-0.3, -0.25) is 0 Å². The molecule has 1 heteroatoms. The van der Waals surface area contributed by atoms with Crippen LogP contribution in [0.1, 0.15) is 34.7 Å². The average Bonchev–Trinajstić information content (AvgIpc) is 2.48. The van der Waals surface area contributed by atoms with Crippen LogP contribution in [0.15, 0.2) is 48.5 Å². The molecule has 0 radical (unpaired) electrons. The van der Waals surface area contributed by atoms with Crippen molar-refractivity contribution in [1.82, 2.24) is 0 Å². The molecule has 0 aliphatic carbocycles. The summed E-state index contributed by atoms with van der Waals surface area (Å²) in [6, 6.07) is 15.6. The van der Waals surface area contributed by atoms with E-state index in [1.165, 1.54) is 5.56 Å². The Morgan fingerprint density at radius 3 is 2.50 bits per heavy atom. The lowest BCUT2D eigenvalue weighted by Crippen LogP contribution is -1.87. The van der Waals surface area contributed by atoms with Gasteiger partial charge in [0.25, 0.3) is 0 Å². The quantitative estimate of drug-likeness (QED) is 0.699. The Kier molecular flexibility index (Phi) is 4.38. The fourth-order valence-corrected chi connectivity index (χ4v) is 1.98. The maximum Gasteiger partial charge on any atom is 0.0992 e. The molecule has 0 fully saturated rings. The van der Waals surface area contributed by atoms with Crippen molar-refractivity contribution in [2.24, 2.45) is 0 Å². The summed E-state index contributed by atoms with van der Waals surface area (Å²) in [7, 11) is 0. The Morgan fingerprint density at radius 1 is 1.00 bits per heavy atom. The number of benzene rings is 2. The Balaban J connectivity index is 2.43. The largest absolute Gasteiger partial charge is 0.192 e. The van der Waals surface area contributed by atoms with Gasteiger partial charge >= 0.3 is 0 Å². The van der Waals surface area contributed by atoms with Crippen molar-refractivity contribution in [3.63, 3.8) is 0 Å². The molecule has 0 spiro atoms. The molecule has 20 heavy (non-hydrogen) atoms. The van der Waals surface area contributed by atoms with Crippen LogP contribution in [0, 0.1) is 30.1 Å². The first-order chi connectivity index (χ1) is 9.74. The average molecular weight is 257 g/mol. The third-order valence-corrected chi connectivity index (χ3v) is 2.99.